The molecule has 28 heavy (non-hydrogen) atoms. The fourth-order valence-corrected chi connectivity index (χ4v) is 3.79. The fraction of sp³-hybridized carbons (Fsp3) is 0.292. The van der Waals surface area contributed by atoms with Crippen LogP contribution in [0.25, 0.3) is 10.8 Å². The van der Waals surface area contributed by atoms with E-state index in [-0.39, 0.29) is 11.9 Å². The van der Waals surface area contributed by atoms with Gasteiger partial charge in [-0.25, -0.2) is 4.79 Å². The van der Waals surface area contributed by atoms with E-state index in [2.05, 4.69) is 84.1 Å². The van der Waals surface area contributed by atoms with E-state index in [0.717, 1.165) is 23.0 Å². The van der Waals surface area contributed by atoms with E-state index in [0.29, 0.717) is 12.2 Å². The molecule has 4 heteroatoms. The molecular formula is C24H26INO2. The first-order valence-corrected chi connectivity index (χ1v) is 10.7. The van der Waals surface area contributed by atoms with Crippen LogP contribution >= 0.6 is 22.6 Å². The molecule has 3 nitrogen and oxygen atoms in total. The second-order valence-corrected chi connectivity index (χ2v) is 8.56. The summed E-state index contributed by atoms with van der Waals surface area (Å²) < 4.78 is 6.84. The molecule has 3 aromatic rings. The Morgan fingerprint density at radius 2 is 1.71 bits per heavy atom. The number of carbonyl (C=O) groups is 1. The van der Waals surface area contributed by atoms with Gasteiger partial charge in [0, 0.05) is 9.49 Å². The molecule has 146 valence electrons. The van der Waals surface area contributed by atoms with Crippen molar-refractivity contribution in [3.63, 3.8) is 0 Å². The number of nitrogens with zero attached hydrogens (tertiary/aromatic N) is 1. The maximum absolute atomic E-state index is 12.5. The molecule has 0 N–H and O–H groups in total. The number of hydrogen-bond donors (Lipinski definition) is 0. The van der Waals surface area contributed by atoms with Gasteiger partial charge in [0.15, 0.2) is 0 Å². The SMILES string of the molecule is CN(C)CCCC(COC(=O)c1ccc(I)cc1)c1cccc2ccccc12. The summed E-state index contributed by atoms with van der Waals surface area (Å²) in [6, 6.07) is 22.3. The van der Waals surface area contributed by atoms with Crippen LogP contribution in [0.4, 0.5) is 0 Å². The summed E-state index contributed by atoms with van der Waals surface area (Å²) in [7, 11) is 4.17. The highest BCUT2D eigenvalue weighted by molar-refractivity contribution is 14.1. The van der Waals surface area contributed by atoms with Crippen LogP contribution in [0.5, 0.6) is 0 Å². The highest BCUT2D eigenvalue weighted by atomic mass is 127. The summed E-state index contributed by atoms with van der Waals surface area (Å²) in [5.74, 6) is -0.0758. The Kier molecular flexibility index (Phi) is 7.45. The number of carbonyl (C=O) groups excluding carboxylic acids is 1. The van der Waals surface area contributed by atoms with Crippen molar-refractivity contribution < 1.29 is 9.53 Å². The third kappa shape index (κ3) is 5.55. The summed E-state index contributed by atoms with van der Waals surface area (Å²) in [5, 5.41) is 2.46. The standard InChI is InChI=1S/C24H26INO2/c1-26(2)16-6-9-20(17-28-24(27)19-12-14-21(25)15-13-19)23-11-5-8-18-7-3-4-10-22(18)23/h3-5,7-8,10-15,20H,6,9,16-17H2,1-2H3. The lowest BCUT2D eigenvalue weighted by atomic mass is 9.90. The zero-order valence-corrected chi connectivity index (χ0v) is 18.6. The quantitative estimate of drug-likeness (QED) is 0.301. The number of ether oxygens (including phenoxy) is 1. The van der Waals surface area contributed by atoms with Gasteiger partial charge < -0.3 is 9.64 Å². The van der Waals surface area contributed by atoms with E-state index < -0.39 is 0 Å². The van der Waals surface area contributed by atoms with Crippen LogP contribution in [0, 0.1) is 3.57 Å². The molecule has 0 heterocycles. The Morgan fingerprint density at radius 1 is 1.00 bits per heavy atom. The van der Waals surface area contributed by atoms with Crippen molar-refractivity contribution in [1.29, 1.82) is 0 Å². The van der Waals surface area contributed by atoms with Crippen LogP contribution in [0.3, 0.4) is 0 Å². The predicted octanol–water partition coefficient (Wildman–Crippen LogP) is 5.73. The minimum atomic E-state index is -0.255. The van der Waals surface area contributed by atoms with Crippen LogP contribution in [-0.2, 0) is 4.74 Å². The summed E-state index contributed by atoms with van der Waals surface area (Å²) in [6.07, 6.45) is 2.04. The van der Waals surface area contributed by atoms with Gasteiger partial charge in [-0.05, 0) is 96.7 Å². The minimum absolute atomic E-state index is 0.179. The lowest BCUT2D eigenvalue weighted by Gasteiger charge is -2.20. The number of esters is 1. The summed E-state index contributed by atoms with van der Waals surface area (Å²) in [5.41, 5.74) is 1.86. The first-order chi connectivity index (χ1) is 13.5. The zero-order valence-electron chi connectivity index (χ0n) is 16.4. The van der Waals surface area contributed by atoms with Gasteiger partial charge in [0.05, 0.1) is 12.2 Å². The first kappa shape index (κ1) is 20.8. The molecule has 0 bridgehead atoms. The van der Waals surface area contributed by atoms with Crippen molar-refractivity contribution >= 4 is 39.3 Å². The van der Waals surface area contributed by atoms with Gasteiger partial charge in [0.25, 0.3) is 0 Å². The third-order valence-corrected chi connectivity index (χ3v) is 5.64. The van der Waals surface area contributed by atoms with E-state index in [1.54, 1.807) is 0 Å². The molecule has 1 atom stereocenters. The van der Waals surface area contributed by atoms with Crippen LogP contribution in [-0.4, -0.2) is 38.1 Å². The molecule has 0 radical (unpaired) electrons. The minimum Gasteiger partial charge on any atom is -0.461 e. The van der Waals surface area contributed by atoms with E-state index in [4.69, 9.17) is 4.74 Å². The first-order valence-electron chi connectivity index (χ1n) is 9.59. The van der Waals surface area contributed by atoms with Crippen molar-refractivity contribution in [3.8, 4) is 0 Å². The van der Waals surface area contributed by atoms with E-state index in [1.807, 2.05) is 24.3 Å². The largest absolute Gasteiger partial charge is 0.461 e. The lowest BCUT2D eigenvalue weighted by Crippen LogP contribution is -2.17. The highest BCUT2D eigenvalue weighted by Crippen LogP contribution is 2.29. The predicted molar refractivity (Wildman–Crippen MR) is 124 cm³/mol. The zero-order chi connectivity index (χ0) is 19.9. The molecule has 3 rings (SSSR count). The van der Waals surface area contributed by atoms with Gasteiger partial charge >= 0.3 is 5.97 Å². The van der Waals surface area contributed by atoms with Crippen molar-refractivity contribution in [3.05, 3.63) is 81.4 Å². The Balaban J connectivity index is 1.78. The molecule has 0 aliphatic rings. The molecule has 0 spiro atoms. The van der Waals surface area contributed by atoms with Crippen LogP contribution < -0.4 is 0 Å². The second kappa shape index (κ2) is 10.0. The van der Waals surface area contributed by atoms with Crippen LogP contribution in [0.15, 0.2) is 66.7 Å². The Morgan fingerprint density at radius 3 is 2.46 bits per heavy atom. The molecule has 0 fully saturated rings. The van der Waals surface area contributed by atoms with Crippen LogP contribution in [0.1, 0.15) is 34.7 Å². The Labute approximate surface area is 180 Å². The monoisotopic (exact) mass is 487 g/mol. The smallest absolute Gasteiger partial charge is 0.338 e. The molecule has 0 aliphatic carbocycles. The van der Waals surface area contributed by atoms with Gasteiger partial charge in [-0.2, -0.15) is 0 Å². The molecule has 3 aromatic carbocycles. The van der Waals surface area contributed by atoms with Gasteiger partial charge in [-0.3, -0.25) is 0 Å². The molecule has 0 aliphatic heterocycles. The number of hydrogen-bond acceptors (Lipinski definition) is 3. The van der Waals surface area contributed by atoms with Crippen molar-refractivity contribution in [2.45, 2.75) is 18.8 Å². The number of rotatable bonds is 8. The molecular weight excluding hydrogens is 461 g/mol. The number of benzene rings is 3. The Hall–Kier alpha value is -1.92. The van der Waals surface area contributed by atoms with Crippen molar-refractivity contribution in [2.75, 3.05) is 27.2 Å². The molecule has 0 saturated carbocycles. The summed E-state index contributed by atoms with van der Waals surface area (Å²) in [4.78, 5) is 14.7. The number of fused-ring (bicyclic) bond motifs is 1. The average Bonchev–Trinajstić information content (AvgIpc) is 2.70. The van der Waals surface area contributed by atoms with Gasteiger partial charge in [0.1, 0.15) is 0 Å². The molecule has 0 amide bonds. The van der Waals surface area contributed by atoms with E-state index in [1.165, 1.54) is 16.3 Å². The van der Waals surface area contributed by atoms with Gasteiger partial charge in [0.2, 0.25) is 0 Å². The molecule has 0 saturated heterocycles. The summed E-state index contributed by atoms with van der Waals surface area (Å²) in [6.45, 7) is 1.42. The van der Waals surface area contributed by atoms with Crippen molar-refractivity contribution in [1.82, 2.24) is 4.90 Å². The van der Waals surface area contributed by atoms with E-state index in [9.17, 15) is 4.79 Å². The third-order valence-electron chi connectivity index (χ3n) is 4.92. The van der Waals surface area contributed by atoms with Gasteiger partial charge in [-0.1, -0.05) is 42.5 Å². The van der Waals surface area contributed by atoms with Gasteiger partial charge in [-0.15, -0.1) is 0 Å². The van der Waals surface area contributed by atoms with Crippen molar-refractivity contribution in [2.24, 2.45) is 0 Å². The summed E-state index contributed by atoms with van der Waals surface area (Å²) >= 11 is 2.23. The second-order valence-electron chi connectivity index (χ2n) is 7.32. The fourth-order valence-electron chi connectivity index (χ4n) is 3.43. The van der Waals surface area contributed by atoms with Crippen LogP contribution in [0.2, 0.25) is 0 Å². The average molecular weight is 487 g/mol. The highest BCUT2D eigenvalue weighted by Gasteiger charge is 2.17. The normalized spacial score (nSPS) is 12.3. The molecule has 0 aromatic heterocycles. The van der Waals surface area contributed by atoms with E-state index >= 15 is 0 Å². The maximum Gasteiger partial charge on any atom is 0.338 e. The lowest BCUT2D eigenvalue weighted by molar-refractivity contribution is 0.0474. The Bertz CT molecular complexity index is 916. The number of halogens is 1. The topological polar surface area (TPSA) is 29.5 Å². The molecule has 1 unspecified atom stereocenters. The maximum atomic E-state index is 12.5.